The van der Waals surface area contributed by atoms with Gasteiger partial charge in [0.15, 0.2) is 0 Å². The number of fused-ring (bicyclic) bond motifs is 1. The third-order valence-corrected chi connectivity index (χ3v) is 2.48. The molecule has 2 aromatic rings. The number of aromatic nitrogens is 2. The van der Waals surface area contributed by atoms with Crippen molar-refractivity contribution in [2.45, 2.75) is 20.4 Å². The first kappa shape index (κ1) is 10.5. The number of nitrogen functional groups attached to an aromatic ring is 1. The molecule has 0 spiro atoms. The van der Waals surface area contributed by atoms with E-state index in [1.165, 1.54) is 0 Å². The Morgan fingerprint density at radius 1 is 1.50 bits per heavy atom. The highest BCUT2D eigenvalue weighted by molar-refractivity contribution is 5.83. The molecule has 1 heterocycles. The van der Waals surface area contributed by atoms with Crippen molar-refractivity contribution in [3.8, 4) is 6.07 Å². The zero-order valence-corrected chi connectivity index (χ0v) is 9.44. The summed E-state index contributed by atoms with van der Waals surface area (Å²) in [5.41, 5.74) is 8.08. The monoisotopic (exact) mass is 214 g/mol. The summed E-state index contributed by atoms with van der Waals surface area (Å²) >= 11 is 0. The van der Waals surface area contributed by atoms with Crippen LogP contribution in [0.2, 0.25) is 0 Å². The molecule has 0 radical (unpaired) electrons. The summed E-state index contributed by atoms with van der Waals surface area (Å²) < 4.78 is 1.96. The molecule has 0 bridgehead atoms. The van der Waals surface area contributed by atoms with Gasteiger partial charge in [-0.05, 0) is 18.1 Å². The van der Waals surface area contributed by atoms with E-state index in [0.717, 1.165) is 12.1 Å². The first-order valence-electron chi connectivity index (χ1n) is 5.28. The first-order chi connectivity index (χ1) is 7.63. The summed E-state index contributed by atoms with van der Waals surface area (Å²) in [5, 5.41) is 8.98. The number of anilines is 1. The van der Waals surface area contributed by atoms with Crippen LogP contribution in [-0.4, -0.2) is 9.55 Å². The minimum Gasteiger partial charge on any atom is -0.369 e. The van der Waals surface area contributed by atoms with Gasteiger partial charge in [0.2, 0.25) is 5.95 Å². The van der Waals surface area contributed by atoms with Gasteiger partial charge in [0.1, 0.15) is 11.6 Å². The Hall–Kier alpha value is -2.02. The van der Waals surface area contributed by atoms with Crippen LogP contribution in [0, 0.1) is 17.2 Å². The van der Waals surface area contributed by atoms with Crippen molar-refractivity contribution in [3.63, 3.8) is 0 Å². The van der Waals surface area contributed by atoms with Gasteiger partial charge in [0.25, 0.3) is 0 Å². The van der Waals surface area contributed by atoms with Crippen LogP contribution in [0.4, 0.5) is 5.95 Å². The number of rotatable bonds is 2. The number of nitrogens with two attached hydrogens (primary N) is 1. The first-order valence-corrected chi connectivity index (χ1v) is 5.28. The van der Waals surface area contributed by atoms with Gasteiger partial charge in [-0.2, -0.15) is 5.26 Å². The van der Waals surface area contributed by atoms with Crippen molar-refractivity contribution in [1.82, 2.24) is 9.55 Å². The average molecular weight is 214 g/mol. The molecule has 16 heavy (non-hydrogen) atoms. The number of nitrogens with zero attached hydrogens (tertiary/aromatic N) is 3. The zero-order valence-electron chi connectivity index (χ0n) is 9.44. The van der Waals surface area contributed by atoms with E-state index in [1.54, 1.807) is 6.07 Å². The fourth-order valence-corrected chi connectivity index (χ4v) is 1.81. The molecule has 0 aliphatic heterocycles. The third kappa shape index (κ3) is 1.61. The molecule has 0 saturated carbocycles. The number of para-hydroxylation sites is 1. The van der Waals surface area contributed by atoms with Gasteiger partial charge in [0, 0.05) is 6.54 Å². The van der Waals surface area contributed by atoms with Crippen LogP contribution < -0.4 is 5.73 Å². The molecular formula is C12H14N4. The van der Waals surface area contributed by atoms with E-state index in [4.69, 9.17) is 11.0 Å². The van der Waals surface area contributed by atoms with Crippen LogP contribution in [0.15, 0.2) is 18.2 Å². The molecule has 4 heteroatoms. The zero-order chi connectivity index (χ0) is 11.7. The standard InChI is InChI=1S/C12H14N4/c1-8(2)7-16-10-5-3-4-9(6-13)11(10)15-12(16)14/h3-5,8H,7H2,1-2H3,(H2,14,15). The normalized spacial score (nSPS) is 10.9. The fourth-order valence-electron chi connectivity index (χ4n) is 1.81. The van der Waals surface area contributed by atoms with Crippen molar-refractivity contribution in [3.05, 3.63) is 23.8 Å². The Bertz CT molecular complexity index is 560. The fraction of sp³-hybridized carbons (Fsp3) is 0.333. The lowest BCUT2D eigenvalue weighted by molar-refractivity contribution is 0.538. The summed E-state index contributed by atoms with van der Waals surface area (Å²) in [4.78, 5) is 4.26. The van der Waals surface area contributed by atoms with Crippen molar-refractivity contribution in [2.24, 2.45) is 5.92 Å². The summed E-state index contributed by atoms with van der Waals surface area (Å²) in [6.07, 6.45) is 0. The molecule has 0 saturated heterocycles. The molecule has 1 aromatic carbocycles. The predicted octanol–water partition coefficient (Wildman–Crippen LogP) is 2.15. The lowest BCUT2D eigenvalue weighted by Gasteiger charge is -2.08. The number of benzene rings is 1. The highest BCUT2D eigenvalue weighted by atomic mass is 15.2. The Morgan fingerprint density at radius 3 is 2.88 bits per heavy atom. The maximum absolute atomic E-state index is 8.98. The Kier molecular flexibility index (Phi) is 2.53. The SMILES string of the molecule is CC(C)Cn1c(N)nc2c(C#N)cccc21. The molecule has 1 aromatic heterocycles. The van der Waals surface area contributed by atoms with Gasteiger partial charge in [-0.15, -0.1) is 0 Å². The molecule has 0 aliphatic rings. The molecule has 0 atom stereocenters. The summed E-state index contributed by atoms with van der Waals surface area (Å²) in [6.45, 7) is 5.07. The Morgan fingerprint density at radius 2 is 2.25 bits per heavy atom. The van der Waals surface area contributed by atoms with E-state index < -0.39 is 0 Å². The predicted molar refractivity (Wildman–Crippen MR) is 63.7 cm³/mol. The summed E-state index contributed by atoms with van der Waals surface area (Å²) in [7, 11) is 0. The van der Waals surface area contributed by atoms with Gasteiger partial charge in [-0.3, -0.25) is 0 Å². The van der Waals surface area contributed by atoms with Gasteiger partial charge in [-0.1, -0.05) is 19.9 Å². The Balaban J connectivity index is 2.67. The summed E-state index contributed by atoms with van der Waals surface area (Å²) in [6, 6.07) is 7.70. The number of hydrogen-bond donors (Lipinski definition) is 1. The van der Waals surface area contributed by atoms with Crippen molar-refractivity contribution >= 4 is 17.0 Å². The smallest absolute Gasteiger partial charge is 0.201 e. The molecule has 2 rings (SSSR count). The number of imidazole rings is 1. The second-order valence-electron chi connectivity index (χ2n) is 4.26. The molecule has 0 fully saturated rings. The average Bonchev–Trinajstić information content (AvgIpc) is 2.55. The quantitative estimate of drug-likeness (QED) is 0.832. The van der Waals surface area contributed by atoms with Crippen LogP contribution in [0.5, 0.6) is 0 Å². The second kappa shape index (κ2) is 3.86. The molecule has 82 valence electrons. The van der Waals surface area contributed by atoms with Gasteiger partial charge in [-0.25, -0.2) is 4.98 Å². The number of nitriles is 1. The molecule has 0 unspecified atom stereocenters. The van der Waals surface area contributed by atoms with E-state index in [9.17, 15) is 0 Å². The van der Waals surface area contributed by atoms with Crippen LogP contribution in [-0.2, 0) is 6.54 Å². The Labute approximate surface area is 94.3 Å². The minimum absolute atomic E-state index is 0.478. The van der Waals surface area contributed by atoms with E-state index in [2.05, 4.69) is 24.9 Å². The molecule has 2 N–H and O–H groups in total. The highest BCUT2D eigenvalue weighted by Gasteiger charge is 2.11. The summed E-state index contributed by atoms with van der Waals surface area (Å²) in [5.74, 6) is 0.969. The van der Waals surface area contributed by atoms with Gasteiger partial charge in [0.05, 0.1) is 11.1 Å². The maximum atomic E-state index is 8.98. The number of hydrogen-bond acceptors (Lipinski definition) is 3. The lowest BCUT2D eigenvalue weighted by Crippen LogP contribution is -2.07. The molecular weight excluding hydrogens is 200 g/mol. The minimum atomic E-state index is 0.478. The van der Waals surface area contributed by atoms with E-state index >= 15 is 0 Å². The lowest BCUT2D eigenvalue weighted by atomic mass is 10.2. The molecule has 4 nitrogen and oxygen atoms in total. The van der Waals surface area contributed by atoms with Crippen LogP contribution in [0.1, 0.15) is 19.4 Å². The van der Waals surface area contributed by atoms with Crippen LogP contribution in [0.25, 0.3) is 11.0 Å². The largest absolute Gasteiger partial charge is 0.369 e. The highest BCUT2D eigenvalue weighted by Crippen LogP contribution is 2.21. The third-order valence-electron chi connectivity index (χ3n) is 2.48. The van der Waals surface area contributed by atoms with Gasteiger partial charge >= 0.3 is 0 Å². The topological polar surface area (TPSA) is 67.6 Å². The molecule has 0 aliphatic carbocycles. The second-order valence-corrected chi connectivity index (χ2v) is 4.26. The van der Waals surface area contributed by atoms with Crippen molar-refractivity contribution < 1.29 is 0 Å². The van der Waals surface area contributed by atoms with Crippen molar-refractivity contribution in [1.29, 1.82) is 5.26 Å². The van der Waals surface area contributed by atoms with E-state index in [1.807, 2.05) is 16.7 Å². The maximum Gasteiger partial charge on any atom is 0.201 e. The van der Waals surface area contributed by atoms with Crippen molar-refractivity contribution in [2.75, 3.05) is 5.73 Å². The van der Waals surface area contributed by atoms with E-state index in [-0.39, 0.29) is 0 Å². The van der Waals surface area contributed by atoms with E-state index in [0.29, 0.717) is 22.9 Å². The van der Waals surface area contributed by atoms with Crippen LogP contribution >= 0.6 is 0 Å². The van der Waals surface area contributed by atoms with Crippen LogP contribution in [0.3, 0.4) is 0 Å². The molecule has 0 amide bonds. The van der Waals surface area contributed by atoms with Gasteiger partial charge < -0.3 is 10.3 Å².